The number of hydrogen-bond acceptors (Lipinski definition) is 2. The molecule has 1 unspecified atom stereocenters. The predicted octanol–water partition coefficient (Wildman–Crippen LogP) is 2.49. The molecule has 7 heteroatoms. The fourth-order valence-corrected chi connectivity index (χ4v) is 1.83. The number of carbonyl (C=O) groups is 2. The number of aliphatic carboxylic acids is 1. The van der Waals surface area contributed by atoms with Crippen LogP contribution in [0.2, 0.25) is 0 Å². The third-order valence-corrected chi connectivity index (χ3v) is 3.13. The molecular formula is C14H16F3NO3. The van der Waals surface area contributed by atoms with Crippen LogP contribution in [0.25, 0.3) is 0 Å². The first kappa shape index (κ1) is 17.0. The van der Waals surface area contributed by atoms with E-state index in [2.05, 4.69) is 5.32 Å². The molecule has 1 amide bonds. The van der Waals surface area contributed by atoms with E-state index in [0.717, 1.165) is 0 Å². The minimum atomic E-state index is -4.36. The average Bonchev–Trinajstić information content (AvgIpc) is 2.37. The number of hydrogen-bond donors (Lipinski definition) is 2. The van der Waals surface area contributed by atoms with E-state index in [1.165, 1.54) is 6.92 Å². The van der Waals surface area contributed by atoms with E-state index < -0.39 is 42.9 Å². The van der Waals surface area contributed by atoms with E-state index in [-0.39, 0.29) is 0 Å². The van der Waals surface area contributed by atoms with E-state index in [1.54, 1.807) is 30.3 Å². The van der Waals surface area contributed by atoms with Crippen LogP contribution in [0.4, 0.5) is 13.2 Å². The van der Waals surface area contributed by atoms with E-state index in [1.807, 2.05) is 0 Å². The maximum atomic E-state index is 12.0. The fourth-order valence-electron chi connectivity index (χ4n) is 1.83. The maximum absolute atomic E-state index is 12.0. The highest BCUT2D eigenvalue weighted by atomic mass is 19.4. The molecule has 1 aromatic carbocycles. The van der Waals surface area contributed by atoms with Gasteiger partial charge in [0, 0.05) is 13.0 Å². The summed E-state index contributed by atoms with van der Waals surface area (Å²) >= 11 is 0. The van der Waals surface area contributed by atoms with Gasteiger partial charge < -0.3 is 10.4 Å². The Balaban J connectivity index is 2.72. The van der Waals surface area contributed by atoms with Gasteiger partial charge in [-0.2, -0.15) is 13.2 Å². The van der Waals surface area contributed by atoms with Crippen LogP contribution in [0.5, 0.6) is 0 Å². The number of carboxylic acid groups (broad SMARTS) is 1. The van der Waals surface area contributed by atoms with Crippen LogP contribution < -0.4 is 5.32 Å². The average molecular weight is 303 g/mol. The number of amides is 1. The van der Waals surface area contributed by atoms with E-state index >= 15 is 0 Å². The number of benzene rings is 1. The van der Waals surface area contributed by atoms with Gasteiger partial charge in [-0.15, -0.1) is 0 Å². The van der Waals surface area contributed by atoms with Gasteiger partial charge in [0.05, 0.1) is 11.8 Å². The Morgan fingerprint density at radius 2 is 1.76 bits per heavy atom. The molecule has 1 atom stereocenters. The lowest BCUT2D eigenvalue weighted by Crippen LogP contribution is -2.39. The molecule has 21 heavy (non-hydrogen) atoms. The second-order valence-electron chi connectivity index (χ2n) is 4.90. The zero-order valence-corrected chi connectivity index (χ0v) is 11.4. The molecule has 0 fully saturated rings. The van der Waals surface area contributed by atoms with E-state index in [0.29, 0.717) is 5.56 Å². The second-order valence-corrected chi connectivity index (χ2v) is 4.90. The Bertz CT molecular complexity index is 502. The van der Waals surface area contributed by atoms with Crippen molar-refractivity contribution in [2.45, 2.75) is 31.4 Å². The summed E-state index contributed by atoms with van der Waals surface area (Å²) in [5.74, 6) is -1.94. The third-order valence-electron chi connectivity index (χ3n) is 3.13. The Hall–Kier alpha value is -2.05. The van der Waals surface area contributed by atoms with Crippen molar-refractivity contribution in [2.75, 3.05) is 6.54 Å². The fraction of sp³-hybridized carbons (Fsp3) is 0.429. The van der Waals surface area contributed by atoms with Crippen molar-refractivity contribution in [3.63, 3.8) is 0 Å². The first-order valence-electron chi connectivity index (χ1n) is 6.27. The van der Waals surface area contributed by atoms with Crippen molar-refractivity contribution < 1.29 is 27.9 Å². The van der Waals surface area contributed by atoms with Crippen LogP contribution in [0.15, 0.2) is 30.3 Å². The zero-order chi connectivity index (χ0) is 16.1. The number of carbonyl (C=O) groups excluding carboxylic acids is 1. The first-order valence-corrected chi connectivity index (χ1v) is 6.27. The summed E-state index contributed by atoms with van der Waals surface area (Å²) in [5.41, 5.74) is -1.06. The summed E-state index contributed by atoms with van der Waals surface area (Å²) in [4.78, 5) is 23.1. The van der Waals surface area contributed by atoms with Gasteiger partial charge in [-0.25, -0.2) is 0 Å². The number of halogens is 3. The molecule has 2 N–H and O–H groups in total. The number of rotatable bonds is 6. The molecule has 0 bridgehead atoms. The van der Waals surface area contributed by atoms with Crippen molar-refractivity contribution in [3.8, 4) is 0 Å². The number of carboxylic acids is 1. The van der Waals surface area contributed by atoms with Crippen LogP contribution in [0.3, 0.4) is 0 Å². The molecular weight excluding hydrogens is 287 g/mol. The molecule has 1 aromatic rings. The monoisotopic (exact) mass is 303 g/mol. The molecule has 0 aliphatic carbocycles. The minimum Gasteiger partial charge on any atom is -0.481 e. The summed E-state index contributed by atoms with van der Waals surface area (Å²) in [6.07, 6.45) is -5.93. The quantitative estimate of drug-likeness (QED) is 0.848. The van der Waals surface area contributed by atoms with Gasteiger partial charge in [-0.3, -0.25) is 9.59 Å². The van der Waals surface area contributed by atoms with Crippen LogP contribution in [-0.4, -0.2) is 29.7 Å². The predicted molar refractivity (Wildman–Crippen MR) is 69.7 cm³/mol. The Morgan fingerprint density at radius 3 is 2.24 bits per heavy atom. The van der Waals surface area contributed by atoms with Gasteiger partial charge in [0.15, 0.2) is 0 Å². The molecule has 0 aliphatic rings. The normalized spacial score (nSPS) is 14.3. The molecule has 0 heterocycles. The summed E-state index contributed by atoms with van der Waals surface area (Å²) in [6, 6.07) is 8.11. The molecule has 4 nitrogen and oxygen atoms in total. The van der Waals surface area contributed by atoms with Crippen molar-refractivity contribution in [2.24, 2.45) is 0 Å². The van der Waals surface area contributed by atoms with Gasteiger partial charge in [-0.1, -0.05) is 30.3 Å². The van der Waals surface area contributed by atoms with Crippen LogP contribution in [0, 0.1) is 0 Å². The molecule has 0 radical (unpaired) electrons. The first-order chi connectivity index (χ1) is 9.65. The van der Waals surface area contributed by atoms with Crippen molar-refractivity contribution in [1.82, 2.24) is 5.32 Å². The SMILES string of the molecule is CC(CC(=O)NCCC(F)(F)F)(C(=O)O)c1ccccc1. The largest absolute Gasteiger partial charge is 0.481 e. The van der Waals surface area contributed by atoms with E-state index in [4.69, 9.17) is 0 Å². The highest BCUT2D eigenvalue weighted by molar-refractivity contribution is 5.89. The van der Waals surface area contributed by atoms with Crippen molar-refractivity contribution in [3.05, 3.63) is 35.9 Å². The Labute approximate surface area is 120 Å². The number of nitrogens with one attached hydrogen (secondary N) is 1. The summed E-state index contributed by atoms with van der Waals surface area (Å²) in [7, 11) is 0. The van der Waals surface area contributed by atoms with Gasteiger partial charge in [0.1, 0.15) is 0 Å². The lowest BCUT2D eigenvalue weighted by atomic mass is 9.79. The molecule has 116 valence electrons. The van der Waals surface area contributed by atoms with Gasteiger partial charge in [0.2, 0.25) is 5.91 Å². The van der Waals surface area contributed by atoms with E-state index in [9.17, 15) is 27.9 Å². The smallest absolute Gasteiger partial charge is 0.390 e. The topological polar surface area (TPSA) is 66.4 Å². The van der Waals surface area contributed by atoms with Crippen LogP contribution in [-0.2, 0) is 15.0 Å². The molecule has 0 aromatic heterocycles. The highest BCUT2D eigenvalue weighted by Crippen LogP contribution is 2.28. The second kappa shape index (κ2) is 6.60. The minimum absolute atomic E-state index is 0.420. The van der Waals surface area contributed by atoms with Crippen LogP contribution >= 0.6 is 0 Å². The maximum Gasteiger partial charge on any atom is 0.390 e. The van der Waals surface area contributed by atoms with Crippen LogP contribution in [0.1, 0.15) is 25.3 Å². The van der Waals surface area contributed by atoms with Gasteiger partial charge in [0.25, 0.3) is 0 Å². The Morgan fingerprint density at radius 1 is 1.19 bits per heavy atom. The highest BCUT2D eigenvalue weighted by Gasteiger charge is 2.37. The summed E-state index contributed by atoms with van der Waals surface area (Å²) in [6.45, 7) is 0.806. The molecule has 0 saturated carbocycles. The van der Waals surface area contributed by atoms with Gasteiger partial charge in [-0.05, 0) is 12.5 Å². The van der Waals surface area contributed by atoms with Crippen molar-refractivity contribution >= 4 is 11.9 Å². The Kier molecular flexibility index (Phi) is 5.34. The van der Waals surface area contributed by atoms with Crippen molar-refractivity contribution in [1.29, 1.82) is 0 Å². The molecule has 0 aliphatic heterocycles. The third kappa shape index (κ3) is 5.09. The molecule has 1 rings (SSSR count). The number of alkyl halides is 3. The zero-order valence-electron chi connectivity index (χ0n) is 11.4. The molecule has 0 spiro atoms. The standard InChI is InChI=1S/C14H16F3NO3/c1-13(12(20)21,10-5-3-2-4-6-10)9-11(19)18-8-7-14(15,16)17/h2-6H,7-9H2,1H3,(H,18,19)(H,20,21). The molecule has 0 saturated heterocycles. The summed E-state index contributed by atoms with van der Waals surface area (Å²) in [5, 5.41) is 11.4. The summed E-state index contributed by atoms with van der Waals surface area (Å²) < 4.78 is 36.0. The van der Waals surface area contributed by atoms with Gasteiger partial charge >= 0.3 is 12.1 Å². The lowest BCUT2D eigenvalue weighted by molar-refractivity contribution is -0.146. The lowest BCUT2D eigenvalue weighted by Gasteiger charge is -2.24.